The topological polar surface area (TPSA) is 82.1 Å². The number of carbonyl (C=O) groups excluding carboxylic acids is 1. The molecule has 0 bridgehead atoms. The number of carbonyl (C=O) groups is 1. The summed E-state index contributed by atoms with van der Waals surface area (Å²) in [5, 5.41) is 17.0. The Kier molecular flexibility index (Phi) is 5.59. The van der Waals surface area contributed by atoms with Gasteiger partial charge in [-0.25, -0.2) is 0 Å². The van der Waals surface area contributed by atoms with Crippen LogP contribution < -0.4 is 15.1 Å². The Hall–Kier alpha value is -3.01. The fourth-order valence-electron chi connectivity index (χ4n) is 2.37. The monoisotopic (exact) mass is 409 g/mol. The molecule has 0 aliphatic rings. The molecule has 10 heteroatoms. The van der Waals surface area contributed by atoms with Gasteiger partial charge in [-0.2, -0.15) is 13.2 Å². The maximum absolute atomic E-state index is 13.1. The van der Waals surface area contributed by atoms with Gasteiger partial charge in [0.2, 0.25) is 11.6 Å². The summed E-state index contributed by atoms with van der Waals surface area (Å²) in [7, 11) is 0. The summed E-state index contributed by atoms with van der Waals surface area (Å²) >= 11 is 0.840. The lowest BCUT2D eigenvalue weighted by Gasteiger charge is -2.15. The lowest BCUT2D eigenvalue weighted by Crippen LogP contribution is -2.36. The summed E-state index contributed by atoms with van der Waals surface area (Å²) in [6, 6.07) is 13.3. The molecule has 0 radical (unpaired) electrons. The third-order valence-electron chi connectivity index (χ3n) is 3.72. The molecule has 0 aliphatic heterocycles. The van der Waals surface area contributed by atoms with Crippen molar-refractivity contribution in [2.45, 2.75) is 23.4 Å². The number of halogens is 3. The maximum atomic E-state index is 13.1. The van der Waals surface area contributed by atoms with Crippen LogP contribution in [0.15, 0.2) is 64.1 Å². The number of nitrogens with zero attached hydrogens (tertiary/aromatic N) is 2. The summed E-state index contributed by atoms with van der Waals surface area (Å²) in [5.74, 6) is -1.44. The molecular weight excluding hydrogens is 395 g/mol. The number of hydrogen-bond donors (Lipinski definition) is 1. The Morgan fingerprint density at radius 3 is 2.50 bits per heavy atom. The summed E-state index contributed by atoms with van der Waals surface area (Å²) < 4.78 is 45.1. The van der Waals surface area contributed by atoms with Gasteiger partial charge in [-0.1, -0.05) is 30.3 Å². The van der Waals surface area contributed by atoms with Crippen LogP contribution in [0.3, 0.4) is 0 Å². The first kappa shape index (κ1) is 19.7. The van der Waals surface area contributed by atoms with E-state index in [-0.39, 0.29) is 10.7 Å². The number of anilines is 1. The van der Waals surface area contributed by atoms with E-state index in [0.717, 1.165) is 17.8 Å². The van der Waals surface area contributed by atoms with E-state index < -0.39 is 28.8 Å². The molecule has 1 unspecified atom stereocenters. The fourth-order valence-corrected chi connectivity index (χ4v) is 3.24. The van der Waals surface area contributed by atoms with Gasteiger partial charge in [0, 0.05) is 12.1 Å². The van der Waals surface area contributed by atoms with Crippen molar-refractivity contribution in [3.05, 3.63) is 60.2 Å². The second-order valence-corrected chi connectivity index (χ2v) is 7.04. The zero-order valence-corrected chi connectivity index (χ0v) is 15.3. The Labute approximate surface area is 161 Å². The number of amides is 1. The second-order valence-electron chi connectivity index (χ2n) is 5.71. The van der Waals surface area contributed by atoms with E-state index in [1.807, 2.05) is 0 Å². The van der Waals surface area contributed by atoms with E-state index in [2.05, 4.69) is 15.1 Å². The van der Waals surface area contributed by atoms with Crippen molar-refractivity contribution in [3.63, 3.8) is 0 Å². The van der Waals surface area contributed by atoms with Gasteiger partial charge in [0.05, 0.1) is 21.8 Å². The molecule has 0 aliphatic carbocycles. The molecule has 1 atom stereocenters. The minimum Gasteiger partial charge on any atom is -0.538 e. The average Bonchev–Trinajstić information content (AvgIpc) is 3.02. The highest BCUT2D eigenvalue weighted by atomic mass is 32.2. The number of alkyl halides is 3. The van der Waals surface area contributed by atoms with Crippen LogP contribution in [0.2, 0.25) is 0 Å². The first-order valence-electron chi connectivity index (χ1n) is 8.05. The SMILES string of the molecule is CC(Sc1c([O-])on[n+]1-c1ccccc1)C(=O)Nc1ccccc1C(F)(F)F. The molecule has 0 saturated carbocycles. The third-order valence-corrected chi connectivity index (χ3v) is 4.85. The molecule has 1 N–H and O–H groups in total. The molecule has 1 heterocycles. The smallest absolute Gasteiger partial charge is 0.418 e. The van der Waals surface area contributed by atoms with Crippen LogP contribution in [0.1, 0.15) is 12.5 Å². The Morgan fingerprint density at radius 1 is 1.18 bits per heavy atom. The number of aromatic nitrogens is 2. The van der Waals surface area contributed by atoms with Gasteiger partial charge in [0.1, 0.15) is 0 Å². The summed E-state index contributed by atoms with van der Waals surface area (Å²) in [6.45, 7) is 1.47. The third kappa shape index (κ3) is 4.28. The number of para-hydroxylation sites is 2. The number of benzene rings is 2. The van der Waals surface area contributed by atoms with Crippen molar-refractivity contribution in [1.82, 2.24) is 5.27 Å². The number of nitrogens with one attached hydrogen (secondary N) is 1. The first-order valence-corrected chi connectivity index (χ1v) is 8.93. The number of hydrogen-bond acceptors (Lipinski definition) is 5. The van der Waals surface area contributed by atoms with E-state index in [1.54, 1.807) is 30.3 Å². The van der Waals surface area contributed by atoms with Crippen molar-refractivity contribution in [3.8, 4) is 11.6 Å². The first-order chi connectivity index (χ1) is 13.3. The van der Waals surface area contributed by atoms with Gasteiger partial charge in [0.15, 0.2) is 5.95 Å². The Bertz CT molecular complexity index is 977. The van der Waals surface area contributed by atoms with Crippen LogP contribution in [0.25, 0.3) is 5.69 Å². The lowest BCUT2D eigenvalue weighted by atomic mass is 10.1. The molecule has 1 amide bonds. The van der Waals surface area contributed by atoms with Crippen molar-refractivity contribution in [2.24, 2.45) is 0 Å². The van der Waals surface area contributed by atoms with Gasteiger partial charge in [-0.15, -0.1) is 0 Å². The van der Waals surface area contributed by atoms with Crippen LogP contribution >= 0.6 is 11.8 Å². The van der Waals surface area contributed by atoms with Crippen molar-refractivity contribution < 1.29 is 32.3 Å². The molecule has 6 nitrogen and oxygen atoms in total. The summed E-state index contributed by atoms with van der Waals surface area (Å²) in [4.78, 5) is 12.4. The molecule has 0 fully saturated rings. The minimum atomic E-state index is -4.60. The zero-order valence-electron chi connectivity index (χ0n) is 14.4. The standard InChI is InChI=1S/C18H14F3N3O3S/c1-11(15(25)22-14-10-6-5-9-13(14)18(19,20)21)28-16-17(26)27-23-24(16)12-7-3-2-4-8-12/h2-11H,1H3,(H-,22,23,25,26). The Balaban J connectivity index is 1.79. The van der Waals surface area contributed by atoms with Crippen LogP contribution in [0.5, 0.6) is 5.95 Å². The van der Waals surface area contributed by atoms with Crippen LogP contribution in [0, 0.1) is 0 Å². The number of rotatable bonds is 5. The van der Waals surface area contributed by atoms with Gasteiger partial charge in [0.25, 0.3) is 5.03 Å². The van der Waals surface area contributed by atoms with E-state index >= 15 is 0 Å². The average molecular weight is 409 g/mol. The number of thioether (sulfide) groups is 1. The summed E-state index contributed by atoms with van der Waals surface area (Å²) in [6.07, 6.45) is -4.60. The normalized spacial score (nSPS) is 12.6. The minimum absolute atomic E-state index is 0.0398. The molecule has 2 aromatic carbocycles. The highest BCUT2D eigenvalue weighted by Gasteiger charge is 2.34. The van der Waals surface area contributed by atoms with E-state index in [9.17, 15) is 23.1 Å². The largest absolute Gasteiger partial charge is 0.538 e. The van der Waals surface area contributed by atoms with Gasteiger partial charge < -0.3 is 14.9 Å². The highest BCUT2D eigenvalue weighted by molar-refractivity contribution is 8.00. The maximum Gasteiger partial charge on any atom is 0.418 e. The zero-order chi connectivity index (χ0) is 20.3. The predicted molar refractivity (Wildman–Crippen MR) is 92.9 cm³/mol. The predicted octanol–water partition coefficient (Wildman–Crippen LogP) is 3.16. The van der Waals surface area contributed by atoms with Crippen molar-refractivity contribution >= 4 is 23.4 Å². The van der Waals surface area contributed by atoms with E-state index in [0.29, 0.717) is 5.69 Å². The second kappa shape index (κ2) is 7.93. The van der Waals surface area contributed by atoms with Gasteiger partial charge >= 0.3 is 6.18 Å². The van der Waals surface area contributed by atoms with Crippen molar-refractivity contribution in [2.75, 3.05) is 5.32 Å². The molecule has 146 valence electrons. The van der Waals surface area contributed by atoms with Crippen LogP contribution in [0.4, 0.5) is 18.9 Å². The van der Waals surface area contributed by atoms with Crippen LogP contribution in [-0.2, 0) is 11.0 Å². The molecule has 3 rings (SSSR count). The quantitative estimate of drug-likeness (QED) is 0.517. The molecule has 28 heavy (non-hydrogen) atoms. The summed E-state index contributed by atoms with van der Waals surface area (Å²) in [5.41, 5.74) is -0.753. The fraction of sp³-hybridized carbons (Fsp3) is 0.167. The van der Waals surface area contributed by atoms with E-state index in [4.69, 9.17) is 0 Å². The lowest BCUT2D eigenvalue weighted by molar-refractivity contribution is -0.705. The highest BCUT2D eigenvalue weighted by Crippen LogP contribution is 2.35. The van der Waals surface area contributed by atoms with Gasteiger partial charge in [-0.3, -0.25) is 4.79 Å². The van der Waals surface area contributed by atoms with Crippen molar-refractivity contribution in [1.29, 1.82) is 0 Å². The van der Waals surface area contributed by atoms with Crippen LogP contribution in [-0.4, -0.2) is 16.4 Å². The molecule has 0 spiro atoms. The molecule has 3 aromatic rings. The van der Waals surface area contributed by atoms with E-state index in [1.165, 1.54) is 29.8 Å². The molecular formula is C18H14F3N3O3S. The molecule has 0 saturated heterocycles. The molecule has 1 aromatic heterocycles. The Morgan fingerprint density at radius 2 is 1.82 bits per heavy atom. The van der Waals surface area contributed by atoms with Gasteiger partial charge in [-0.05, 0) is 35.5 Å².